The lowest BCUT2D eigenvalue weighted by molar-refractivity contribution is 0.0102. The average molecular weight is 303 g/mol. The Balaban J connectivity index is 2.97. The molecule has 1 rings (SSSR count). The summed E-state index contributed by atoms with van der Waals surface area (Å²) in [6, 6.07) is 0. The van der Waals surface area contributed by atoms with E-state index in [2.05, 4.69) is 9.82 Å². The first kappa shape index (κ1) is 17.1. The van der Waals surface area contributed by atoms with Gasteiger partial charge in [-0.15, -0.1) is 0 Å². The van der Waals surface area contributed by atoms with Crippen LogP contribution in [0.1, 0.15) is 38.6 Å². The minimum absolute atomic E-state index is 0.00120. The normalized spacial score (nSPS) is 16.9. The van der Waals surface area contributed by atoms with Gasteiger partial charge < -0.3 is 5.11 Å². The Morgan fingerprint density at radius 1 is 1.45 bits per heavy atom. The van der Waals surface area contributed by atoms with Gasteiger partial charge in [-0.3, -0.25) is 4.68 Å². The Kier molecular flexibility index (Phi) is 4.99. The summed E-state index contributed by atoms with van der Waals surface area (Å²) in [5, 5.41) is 14.4. The molecular formula is C13H25N3O3S. The fourth-order valence-electron chi connectivity index (χ4n) is 2.07. The Labute approximate surface area is 121 Å². The van der Waals surface area contributed by atoms with Gasteiger partial charge >= 0.3 is 0 Å². The molecule has 0 saturated heterocycles. The molecular weight excluding hydrogens is 278 g/mol. The molecule has 0 bridgehead atoms. The van der Waals surface area contributed by atoms with E-state index in [9.17, 15) is 13.5 Å². The van der Waals surface area contributed by atoms with Crippen molar-refractivity contribution in [3.8, 4) is 0 Å². The van der Waals surface area contributed by atoms with Gasteiger partial charge in [0.15, 0.2) is 0 Å². The summed E-state index contributed by atoms with van der Waals surface area (Å²) in [7, 11) is -1.96. The van der Waals surface area contributed by atoms with E-state index in [0.717, 1.165) is 6.42 Å². The van der Waals surface area contributed by atoms with Gasteiger partial charge in [0.2, 0.25) is 10.0 Å². The molecule has 0 aliphatic heterocycles. The van der Waals surface area contributed by atoms with Crippen LogP contribution in [-0.4, -0.2) is 35.5 Å². The number of rotatable bonds is 6. The summed E-state index contributed by atoms with van der Waals surface area (Å²) >= 11 is 0. The van der Waals surface area contributed by atoms with Crippen molar-refractivity contribution in [3.05, 3.63) is 11.4 Å². The van der Waals surface area contributed by atoms with Crippen LogP contribution in [0.3, 0.4) is 0 Å². The summed E-state index contributed by atoms with van der Waals surface area (Å²) in [6.45, 7) is 8.86. The van der Waals surface area contributed by atoms with Crippen molar-refractivity contribution in [2.24, 2.45) is 13.0 Å². The second-order valence-corrected chi connectivity index (χ2v) is 7.32. The highest BCUT2D eigenvalue weighted by atomic mass is 32.2. The molecule has 116 valence electrons. The molecule has 0 aliphatic rings. The first-order valence-electron chi connectivity index (χ1n) is 6.75. The standard InChI is InChI=1S/C13H25N3O3S/c1-7-9(2)13(5,17)8-14-20(18,19)12-10(3)15-16(6)11(12)4/h9,14,17H,7-8H2,1-6H3. The highest BCUT2D eigenvalue weighted by Gasteiger charge is 2.31. The van der Waals surface area contributed by atoms with Gasteiger partial charge in [-0.05, 0) is 26.7 Å². The predicted octanol–water partition coefficient (Wildman–Crippen LogP) is 1.11. The summed E-state index contributed by atoms with van der Waals surface area (Å²) in [5.41, 5.74) is -0.0369. The number of hydrogen-bond donors (Lipinski definition) is 2. The van der Waals surface area contributed by atoms with Crippen LogP contribution < -0.4 is 4.72 Å². The maximum absolute atomic E-state index is 12.4. The number of nitrogens with one attached hydrogen (secondary N) is 1. The number of aryl methyl sites for hydroxylation is 2. The van der Waals surface area contributed by atoms with Crippen LogP contribution in [0, 0.1) is 19.8 Å². The van der Waals surface area contributed by atoms with E-state index in [1.807, 2.05) is 13.8 Å². The molecule has 20 heavy (non-hydrogen) atoms. The summed E-state index contributed by atoms with van der Waals surface area (Å²) < 4.78 is 28.8. The minimum Gasteiger partial charge on any atom is -0.389 e. The summed E-state index contributed by atoms with van der Waals surface area (Å²) in [4.78, 5) is 0.194. The third-order valence-electron chi connectivity index (χ3n) is 4.01. The molecule has 2 N–H and O–H groups in total. The zero-order chi connectivity index (χ0) is 15.7. The van der Waals surface area contributed by atoms with Crippen LogP contribution in [-0.2, 0) is 17.1 Å². The molecule has 2 atom stereocenters. The smallest absolute Gasteiger partial charge is 0.244 e. The second-order valence-electron chi connectivity index (χ2n) is 5.61. The number of sulfonamides is 1. The predicted molar refractivity (Wildman–Crippen MR) is 77.9 cm³/mol. The Bertz CT molecular complexity index is 576. The van der Waals surface area contributed by atoms with Gasteiger partial charge in [0.05, 0.1) is 17.0 Å². The van der Waals surface area contributed by atoms with Crippen LogP contribution in [0.25, 0.3) is 0 Å². The molecule has 1 heterocycles. The van der Waals surface area contributed by atoms with Gasteiger partial charge in [-0.1, -0.05) is 20.3 Å². The summed E-state index contributed by atoms with van der Waals surface area (Å²) in [6.07, 6.45) is 0.777. The molecule has 0 saturated carbocycles. The zero-order valence-electron chi connectivity index (χ0n) is 13.1. The van der Waals surface area contributed by atoms with E-state index >= 15 is 0 Å². The molecule has 0 radical (unpaired) electrons. The molecule has 0 aromatic carbocycles. The lowest BCUT2D eigenvalue weighted by Gasteiger charge is -2.29. The number of aromatic nitrogens is 2. The summed E-state index contributed by atoms with van der Waals surface area (Å²) in [5.74, 6) is 0.00120. The zero-order valence-corrected chi connectivity index (χ0v) is 13.9. The van der Waals surface area contributed by atoms with Crippen molar-refractivity contribution in [1.29, 1.82) is 0 Å². The second kappa shape index (κ2) is 5.83. The van der Waals surface area contributed by atoms with E-state index < -0.39 is 15.6 Å². The van der Waals surface area contributed by atoms with Gasteiger partial charge in [0.25, 0.3) is 0 Å². The van der Waals surface area contributed by atoms with Crippen LogP contribution in [0.5, 0.6) is 0 Å². The molecule has 0 amide bonds. The van der Waals surface area contributed by atoms with E-state index in [4.69, 9.17) is 0 Å². The van der Waals surface area contributed by atoms with Crippen LogP contribution in [0.15, 0.2) is 4.90 Å². The maximum Gasteiger partial charge on any atom is 0.244 e. The highest BCUT2D eigenvalue weighted by Crippen LogP contribution is 2.22. The molecule has 1 aromatic rings. The molecule has 2 unspecified atom stereocenters. The van der Waals surface area contributed by atoms with Crippen molar-refractivity contribution in [2.75, 3.05) is 6.54 Å². The fourth-order valence-corrected chi connectivity index (χ4v) is 3.65. The van der Waals surface area contributed by atoms with E-state index in [1.165, 1.54) is 4.68 Å². The molecule has 1 aromatic heterocycles. The van der Waals surface area contributed by atoms with Gasteiger partial charge in [-0.25, -0.2) is 13.1 Å². The lowest BCUT2D eigenvalue weighted by Crippen LogP contribution is -2.45. The van der Waals surface area contributed by atoms with Crippen molar-refractivity contribution in [1.82, 2.24) is 14.5 Å². The quantitative estimate of drug-likeness (QED) is 0.824. The monoisotopic (exact) mass is 303 g/mol. The first-order chi connectivity index (χ1) is 9.03. The lowest BCUT2D eigenvalue weighted by atomic mass is 9.89. The number of nitrogens with zero attached hydrogens (tertiary/aromatic N) is 2. The Hall–Kier alpha value is -0.920. The van der Waals surface area contributed by atoms with Crippen molar-refractivity contribution in [3.63, 3.8) is 0 Å². The third kappa shape index (κ3) is 3.39. The van der Waals surface area contributed by atoms with Gasteiger partial charge in [0, 0.05) is 13.6 Å². The van der Waals surface area contributed by atoms with Crippen LogP contribution in [0.2, 0.25) is 0 Å². The Morgan fingerprint density at radius 2 is 2.00 bits per heavy atom. The average Bonchev–Trinajstić information content (AvgIpc) is 2.60. The van der Waals surface area contributed by atoms with Crippen molar-refractivity contribution < 1.29 is 13.5 Å². The molecule has 0 fully saturated rings. The van der Waals surface area contributed by atoms with Crippen molar-refractivity contribution in [2.45, 2.75) is 51.5 Å². The van der Waals surface area contributed by atoms with Gasteiger partial charge in [0.1, 0.15) is 4.90 Å². The number of hydrogen-bond acceptors (Lipinski definition) is 4. The molecule has 6 nitrogen and oxygen atoms in total. The fraction of sp³-hybridized carbons (Fsp3) is 0.769. The Morgan fingerprint density at radius 3 is 2.40 bits per heavy atom. The maximum atomic E-state index is 12.4. The molecule has 0 spiro atoms. The van der Waals surface area contributed by atoms with E-state index in [1.54, 1.807) is 27.8 Å². The third-order valence-corrected chi connectivity index (χ3v) is 5.66. The number of aliphatic hydroxyl groups is 1. The van der Waals surface area contributed by atoms with Crippen molar-refractivity contribution >= 4 is 10.0 Å². The minimum atomic E-state index is -3.67. The van der Waals surface area contributed by atoms with Gasteiger partial charge in [-0.2, -0.15) is 5.10 Å². The largest absolute Gasteiger partial charge is 0.389 e. The highest BCUT2D eigenvalue weighted by molar-refractivity contribution is 7.89. The van der Waals surface area contributed by atoms with E-state index in [-0.39, 0.29) is 17.4 Å². The van der Waals surface area contributed by atoms with E-state index in [0.29, 0.717) is 11.4 Å². The van der Waals surface area contributed by atoms with Crippen LogP contribution >= 0.6 is 0 Å². The topological polar surface area (TPSA) is 84.2 Å². The van der Waals surface area contributed by atoms with Crippen LogP contribution in [0.4, 0.5) is 0 Å². The SMILES string of the molecule is CCC(C)C(C)(O)CNS(=O)(=O)c1c(C)nn(C)c1C. The first-order valence-corrected chi connectivity index (χ1v) is 8.23. The molecule has 0 aliphatic carbocycles. The molecule has 7 heteroatoms.